The summed E-state index contributed by atoms with van der Waals surface area (Å²) < 4.78 is 1.23. The Morgan fingerprint density at radius 1 is 0.900 bits per heavy atom. The Bertz CT molecular complexity index is 372. The van der Waals surface area contributed by atoms with E-state index in [0.717, 1.165) is 10.7 Å². The molecule has 0 N–H and O–H groups in total. The fourth-order valence-electron chi connectivity index (χ4n) is 2.58. The van der Waals surface area contributed by atoms with E-state index in [2.05, 4.69) is 79.0 Å². The molecular formula is C17H25Br3. The normalized spacial score (nSPS) is 11.8. The third kappa shape index (κ3) is 5.46. The maximum absolute atomic E-state index is 3.75. The molecule has 114 valence electrons. The fraction of sp³-hybridized carbons (Fsp3) is 0.647. The zero-order valence-corrected chi connectivity index (χ0v) is 17.1. The van der Waals surface area contributed by atoms with Crippen LogP contribution in [0.2, 0.25) is 0 Å². The van der Waals surface area contributed by atoms with Gasteiger partial charge in [0, 0.05) is 20.5 Å². The summed E-state index contributed by atoms with van der Waals surface area (Å²) in [6.07, 6.45) is 9.37. The lowest BCUT2D eigenvalue weighted by atomic mass is 9.80. The van der Waals surface area contributed by atoms with Crippen molar-refractivity contribution in [2.45, 2.75) is 57.3 Å². The minimum Gasteiger partial charge on any atom is -0.0918 e. The average molecular weight is 469 g/mol. The van der Waals surface area contributed by atoms with Crippen LogP contribution in [0.15, 0.2) is 28.7 Å². The Balaban J connectivity index is 2.61. The molecule has 0 aromatic heterocycles. The van der Waals surface area contributed by atoms with Gasteiger partial charge in [-0.3, -0.25) is 0 Å². The Hall–Kier alpha value is 0.660. The van der Waals surface area contributed by atoms with Crippen molar-refractivity contribution in [3.8, 4) is 0 Å². The Morgan fingerprint density at radius 3 is 2.10 bits per heavy atom. The largest absolute Gasteiger partial charge is 0.0918 e. The number of rotatable bonds is 10. The molecule has 1 aromatic rings. The molecule has 1 aromatic carbocycles. The van der Waals surface area contributed by atoms with E-state index >= 15 is 0 Å². The van der Waals surface area contributed by atoms with E-state index in [4.69, 9.17) is 0 Å². The van der Waals surface area contributed by atoms with Gasteiger partial charge in [0.25, 0.3) is 0 Å². The highest BCUT2D eigenvalue weighted by Gasteiger charge is 2.31. The van der Waals surface area contributed by atoms with Gasteiger partial charge in [-0.15, -0.1) is 0 Å². The second kappa shape index (κ2) is 10.4. The second-order valence-electron chi connectivity index (χ2n) is 5.55. The Labute approximate surface area is 149 Å². The Morgan fingerprint density at radius 2 is 1.50 bits per heavy atom. The van der Waals surface area contributed by atoms with Gasteiger partial charge < -0.3 is 0 Å². The van der Waals surface area contributed by atoms with E-state index in [9.17, 15) is 0 Å². The van der Waals surface area contributed by atoms with Crippen LogP contribution in [0, 0.1) is 0 Å². The van der Waals surface area contributed by atoms with Crippen molar-refractivity contribution in [1.29, 1.82) is 0 Å². The van der Waals surface area contributed by atoms with E-state index in [1.807, 2.05) is 0 Å². The van der Waals surface area contributed by atoms with Crippen LogP contribution < -0.4 is 0 Å². The van der Waals surface area contributed by atoms with Crippen LogP contribution in [-0.4, -0.2) is 10.7 Å². The lowest BCUT2D eigenvalue weighted by Gasteiger charge is -2.32. The zero-order chi connectivity index (χ0) is 14.8. The van der Waals surface area contributed by atoms with Crippen LogP contribution >= 0.6 is 47.8 Å². The highest BCUT2D eigenvalue weighted by Crippen LogP contribution is 2.38. The molecule has 0 aliphatic heterocycles. The highest BCUT2D eigenvalue weighted by molar-refractivity contribution is 9.10. The van der Waals surface area contributed by atoms with E-state index in [1.165, 1.54) is 55.0 Å². The fourth-order valence-corrected chi connectivity index (χ4v) is 5.38. The van der Waals surface area contributed by atoms with E-state index in [1.54, 1.807) is 0 Å². The van der Waals surface area contributed by atoms with Gasteiger partial charge in [-0.1, -0.05) is 111 Å². The predicted molar refractivity (Wildman–Crippen MR) is 101 cm³/mol. The summed E-state index contributed by atoms with van der Waals surface area (Å²) in [5.74, 6) is 0. The number of alkyl halides is 2. The van der Waals surface area contributed by atoms with Crippen LogP contribution in [0.25, 0.3) is 0 Å². The molecule has 0 aliphatic carbocycles. The summed E-state index contributed by atoms with van der Waals surface area (Å²) in [5, 5.41) is 2.01. The summed E-state index contributed by atoms with van der Waals surface area (Å²) in [6.45, 7) is 2.27. The first-order valence-electron chi connectivity index (χ1n) is 7.57. The van der Waals surface area contributed by atoms with Crippen molar-refractivity contribution in [1.82, 2.24) is 0 Å². The van der Waals surface area contributed by atoms with Crippen molar-refractivity contribution in [2.24, 2.45) is 0 Å². The van der Waals surface area contributed by atoms with Gasteiger partial charge in [0.1, 0.15) is 0 Å². The van der Waals surface area contributed by atoms with Gasteiger partial charge in [-0.05, 0) is 18.1 Å². The molecule has 0 bridgehead atoms. The molecule has 20 heavy (non-hydrogen) atoms. The topological polar surface area (TPSA) is 0 Å². The van der Waals surface area contributed by atoms with Gasteiger partial charge in [0.05, 0.1) is 0 Å². The maximum Gasteiger partial charge on any atom is 0.0213 e. The molecule has 0 spiro atoms. The molecule has 0 saturated heterocycles. The standard InChI is InChI=1S/C17H25Br3/c1-2-3-4-5-6-9-12-17(13-18,14-19)15-10-7-8-11-16(15)20/h7-8,10-11H,2-6,9,12-14H2,1H3. The molecule has 0 aliphatic rings. The van der Waals surface area contributed by atoms with Crippen molar-refractivity contribution < 1.29 is 0 Å². The van der Waals surface area contributed by atoms with E-state index in [0.29, 0.717) is 0 Å². The number of hydrogen-bond donors (Lipinski definition) is 0. The third-order valence-electron chi connectivity index (χ3n) is 3.97. The summed E-state index contributed by atoms with van der Waals surface area (Å²) in [6, 6.07) is 8.63. The minimum atomic E-state index is 0.199. The number of halogens is 3. The first-order valence-corrected chi connectivity index (χ1v) is 10.6. The molecular weight excluding hydrogens is 444 g/mol. The summed E-state index contributed by atoms with van der Waals surface area (Å²) in [7, 11) is 0. The van der Waals surface area contributed by atoms with Gasteiger partial charge in [0.2, 0.25) is 0 Å². The lowest BCUT2D eigenvalue weighted by Crippen LogP contribution is -2.30. The number of unbranched alkanes of at least 4 members (excludes halogenated alkanes) is 5. The van der Waals surface area contributed by atoms with Crippen LogP contribution in [0.4, 0.5) is 0 Å². The number of hydrogen-bond acceptors (Lipinski definition) is 0. The molecule has 0 nitrogen and oxygen atoms in total. The molecule has 1 rings (SSSR count). The SMILES string of the molecule is CCCCCCCCC(CBr)(CBr)c1ccccc1Br. The van der Waals surface area contributed by atoms with Gasteiger partial charge in [-0.25, -0.2) is 0 Å². The van der Waals surface area contributed by atoms with Gasteiger partial charge >= 0.3 is 0 Å². The summed E-state index contributed by atoms with van der Waals surface area (Å²) >= 11 is 11.2. The van der Waals surface area contributed by atoms with Crippen molar-refractivity contribution >= 4 is 47.8 Å². The van der Waals surface area contributed by atoms with Crippen LogP contribution in [0.1, 0.15) is 57.4 Å². The third-order valence-corrected chi connectivity index (χ3v) is 6.80. The first kappa shape index (κ1) is 18.7. The number of benzene rings is 1. The minimum absolute atomic E-state index is 0.199. The molecule has 0 unspecified atom stereocenters. The van der Waals surface area contributed by atoms with Crippen LogP contribution in [0.3, 0.4) is 0 Å². The molecule has 0 heterocycles. The highest BCUT2D eigenvalue weighted by atomic mass is 79.9. The van der Waals surface area contributed by atoms with Crippen molar-refractivity contribution in [2.75, 3.05) is 10.7 Å². The van der Waals surface area contributed by atoms with Gasteiger partial charge in [0.15, 0.2) is 0 Å². The monoisotopic (exact) mass is 466 g/mol. The van der Waals surface area contributed by atoms with Crippen LogP contribution in [0.5, 0.6) is 0 Å². The Kier molecular flexibility index (Phi) is 9.73. The van der Waals surface area contributed by atoms with Crippen LogP contribution in [-0.2, 0) is 5.41 Å². The van der Waals surface area contributed by atoms with Crippen molar-refractivity contribution in [3.63, 3.8) is 0 Å². The predicted octanol–water partition coefficient (Wildman–Crippen LogP) is 7.23. The molecule has 0 radical (unpaired) electrons. The molecule has 0 fully saturated rings. The smallest absolute Gasteiger partial charge is 0.0213 e. The average Bonchev–Trinajstić information content (AvgIpc) is 2.48. The summed E-state index contributed by atoms with van der Waals surface area (Å²) in [5.41, 5.74) is 1.62. The van der Waals surface area contributed by atoms with Gasteiger partial charge in [-0.2, -0.15) is 0 Å². The van der Waals surface area contributed by atoms with Crippen molar-refractivity contribution in [3.05, 3.63) is 34.3 Å². The quantitative estimate of drug-likeness (QED) is 0.251. The maximum atomic E-state index is 3.75. The molecule has 0 amide bonds. The lowest BCUT2D eigenvalue weighted by molar-refractivity contribution is 0.460. The first-order chi connectivity index (χ1) is 9.70. The van der Waals surface area contributed by atoms with E-state index in [-0.39, 0.29) is 5.41 Å². The molecule has 0 atom stereocenters. The zero-order valence-electron chi connectivity index (χ0n) is 12.3. The second-order valence-corrected chi connectivity index (χ2v) is 7.52. The summed E-state index contributed by atoms with van der Waals surface area (Å²) in [4.78, 5) is 0. The van der Waals surface area contributed by atoms with E-state index < -0.39 is 0 Å². The molecule has 3 heteroatoms. The molecule has 0 saturated carbocycles.